The molecule has 0 aliphatic carbocycles. The summed E-state index contributed by atoms with van der Waals surface area (Å²) >= 11 is 12.5. The van der Waals surface area contributed by atoms with Crippen molar-refractivity contribution < 1.29 is 4.79 Å². The van der Waals surface area contributed by atoms with Crippen molar-refractivity contribution in [2.24, 2.45) is 0 Å². The Morgan fingerprint density at radius 3 is 2.55 bits per heavy atom. The molecular weight excluding hydrogens is 297 g/mol. The van der Waals surface area contributed by atoms with Crippen LogP contribution in [0.3, 0.4) is 0 Å². The van der Waals surface area contributed by atoms with E-state index in [1.807, 2.05) is 30.5 Å². The Balaban J connectivity index is 2.71. The zero-order valence-corrected chi connectivity index (χ0v) is 13.4. The molecule has 0 radical (unpaired) electrons. The molecule has 6 heteroatoms. The third kappa shape index (κ3) is 2.50. The van der Waals surface area contributed by atoms with Gasteiger partial charge in [-0.1, -0.05) is 17.7 Å². The first-order chi connectivity index (χ1) is 9.34. The lowest BCUT2D eigenvalue weighted by Crippen LogP contribution is -2.30. The molecular formula is C14H17Cl2N3O. The molecule has 1 aromatic carbocycles. The highest BCUT2D eigenvalue weighted by atomic mass is 35.5. The van der Waals surface area contributed by atoms with E-state index in [9.17, 15) is 4.79 Å². The predicted molar refractivity (Wildman–Crippen MR) is 82.4 cm³/mol. The van der Waals surface area contributed by atoms with E-state index in [0.29, 0.717) is 10.8 Å². The number of carbonyl (C=O) groups excluding carboxylic acids is 1. The van der Waals surface area contributed by atoms with Gasteiger partial charge in [-0.15, -0.1) is 11.6 Å². The zero-order valence-electron chi connectivity index (χ0n) is 11.9. The quantitative estimate of drug-likeness (QED) is 0.811. The monoisotopic (exact) mass is 313 g/mol. The summed E-state index contributed by atoms with van der Waals surface area (Å²) < 4.78 is 1.83. The molecule has 4 nitrogen and oxygen atoms in total. The van der Waals surface area contributed by atoms with Crippen LogP contribution in [-0.4, -0.2) is 34.5 Å². The summed E-state index contributed by atoms with van der Waals surface area (Å²) in [6.07, 6.45) is 0. The number of para-hydroxylation sites is 1. The number of benzene rings is 1. The van der Waals surface area contributed by atoms with Crippen molar-refractivity contribution >= 4 is 40.1 Å². The van der Waals surface area contributed by atoms with Gasteiger partial charge in [0.2, 0.25) is 5.91 Å². The smallest absolute Gasteiger partial charge is 0.244 e. The number of aromatic nitrogens is 2. The van der Waals surface area contributed by atoms with Gasteiger partial charge in [-0.25, -0.2) is 4.98 Å². The number of hydrogen-bond donors (Lipinski definition) is 0. The molecule has 2 aromatic rings. The van der Waals surface area contributed by atoms with Crippen LogP contribution in [0.4, 0.5) is 0 Å². The highest BCUT2D eigenvalue weighted by Crippen LogP contribution is 2.32. The van der Waals surface area contributed by atoms with Crippen LogP contribution in [0.5, 0.6) is 0 Å². The number of carbonyl (C=O) groups is 1. The van der Waals surface area contributed by atoms with Crippen LogP contribution in [0.2, 0.25) is 5.02 Å². The van der Waals surface area contributed by atoms with Gasteiger partial charge < -0.3 is 9.47 Å². The van der Waals surface area contributed by atoms with Gasteiger partial charge in [0, 0.05) is 14.1 Å². The van der Waals surface area contributed by atoms with Gasteiger partial charge >= 0.3 is 0 Å². The standard InChI is InChI=1S/C14H17Cl2N3O/c1-8(15)13-17-11-7-5-6-10(16)12(11)19(13)9(2)14(20)18(3)4/h5-9H,1-4H3. The topological polar surface area (TPSA) is 38.1 Å². The van der Waals surface area contributed by atoms with Gasteiger partial charge in [-0.2, -0.15) is 0 Å². The normalized spacial score (nSPS) is 14.3. The highest BCUT2D eigenvalue weighted by molar-refractivity contribution is 6.35. The Morgan fingerprint density at radius 1 is 1.35 bits per heavy atom. The number of rotatable bonds is 3. The second-order valence-corrected chi connectivity index (χ2v) is 6.03. The van der Waals surface area contributed by atoms with Crippen molar-refractivity contribution in [1.82, 2.24) is 14.5 Å². The van der Waals surface area contributed by atoms with Crippen LogP contribution in [0.15, 0.2) is 18.2 Å². The number of likely N-dealkylation sites (N-methyl/N-ethyl adjacent to an activating group) is 1. The second kappa shape index (κ2) is 5.62. The summed E-state index contributed by atoms with van der Waals surface area (Å²) in [6, 6.07) is 5.08. The average Bonchev–Trinajstić information content (AvgIpc) is 2.77. The Morgan fingerprint density at radius 2 is 2.00 bits per heavy atom. The lowest BCUT2D eigenvalue weighted by Gasteiger charge is -2.21. The Labute approximate surface area is 128 Å². The van der Waals surface area contributed by atoms with E-state index in [-0.39, 0.29) is 11.3 Å². The van der Waals surface area contributed by atoms with E-state index < -0.39 is 6.04 Å². The molecule has 0 fully saturated rings. The van der Waals surface area contributed by atoms with Gasteiger partial charge in [0.05, 0.1) is 21.4 Å². The third-order valence-corrected chi connectivity index (χ3v) is 3.73. The highest BCUT2D eigenvalue weighted by Gasteiger charge is 2.25. The lowest BCUT2D eigenvalue weighted by molar-refractivity contribution is -0.131. The molecule has 0 N–H and O–H groups in total. The first-order valence-corrected chi connectivity index (χ1v) is 7.17. The Kier molecular flexibility index (Phi) is 4.25. The van der Waals surface area contributed by atoms with Crippen LogP contribution in [0.1, 0.15) is 31.1 Å². The minimum absolute atomic E-state index is 0.0252. The third-order valence-electron chi connectivity index (χ3n) is 3.23. The van der Waals surface area contributed by atoms with E-state index in [0.717, 1.165) is 11.0 Å². The van der Waals surface area contributed by atoms with E-state index in [2.05, 4.69) is 4.98 Å². The first kappa shape index (κ1) is 15.1. The van der Waals surface area contributed by atoms with E-state index >= 15 is 0 Å². The summed E-state index contributed by atoms with van der Waals surface area (Å²) in [5.74, 6) is 0.625. The number of alkyl halides is 1. The Bertz CT molecular complexity index is 649. The van der Waals surface area contributed by atoms with E-state index in [1.54, 1.807) is 25.1 Å². The minimum Gasteiger partial charge on any atom is -0.347 e. The number of fused-ring (bicyclic) bond motifs is 1. The molecule has 2 atom stereocenters. The second-order valence-electron chi connectivity index (χ2n) is 4.97. The minimum atomic E-state index is -0.411. The largest absolute Gasteiger partial charge is 0.347 e. The van der Waals surface area contributed by atoms with Crippen molar-refractivity contribution in [2.45, 2.75) is 25.3 Å². The van der Waals surface area contributed by atoms with Crippen molar-refractivity contribution in [1.29, 1.82) is 0 Å². The fourth-order valence-electron chi connectivity index (χ4n) is 2.28. The van der Waals surface area contributed by atoms with Crippen molar-refractivity contribution in [3.63, 3.8) is 0 Å². The van der Waals surface area contributed by atoms with Crippen molar-refractivity contribution in [3.8, 4) is 0 Å². The molecule has 20 heavy (non-hydrogen) atoms. The summed E-state index contributed by atoms with van der Waals surface area (Å²) in [5.41, 5.74) is 1.50. The fraction of sp³-hybridized carbons (Fsp3) is 0.429. The maximum Gasteiger partial charge on any atom is 0.244 e. The van der Waals surface area contributed by atoms with Crippen LogP contribution in [-0.2, 0) is 4.79 Å². The van der Waals surface area contributed by atoms with Crippen LogP contribution >= 0.6 is 23.2 Å². The van der Waals surface area contributed by atoms with Crippen LogP contribution in [0.25, 0.3) is 11.0 Å². The van der Waals surface area contributed by atoms with E-state index in [4.69, 9.17) is 23.2 Å². The number of halogens is 2. The van der Waals surface area contributed by atoms with Gasteiger partial charge in [-0.3, -0.25) is 4.79 Å². The molecule has 2 rings (SSSR count). The maximum absolute atomic E-state index is 12.3. The van der Waals surface area contributed by atoms with Gasteiger partial charge in [0.1, 0.15) is 11.9 Å². The first-order valence-electron chi connectivity index (χ1n) is 6.36. The van der Waals surface area contributed by atoms with Crippen LogP contribution < -0.4 is 0 Å². The number of hydrogen-bond acceptors (Lipinski definition) is 2. The maximum atomic E-state index is 12.3. The molecule has 0 saturated carbocycles. The molecule has 0 aliphatic heterocycles. The zero-order chi connectivity index (χ0) is 15.0. The number of amides is 1. The molecule has 1 amide bonds. The number of nitrogens with zero attached hydrogens (tertiary/aromatic N) is 3. The molecule has 108 valence electrons. The molecule has 2 unspecified atom stereocenters. The van der Waals surface area contributed by atoms with Crippen LogP contribution in [0, 0.1) is 0 Å². The summed E-state index contributed by atoms with van der Waals surface area (Å²) in [5, 5.41) is 0.257. The molecule has 0 bridgehead atoms. The summed E-state index contributed by atoms with van der Waals surface area (Å²) in [7, 11) is 3.45. The molecule has 1 heterocycles. The fourth-order valence-corrected chi connectivity index (χ4v) is 2.70. The van der Waals surface area contributed by atoms with Gasteiger partial charge in [0.15, 0.2) is 0 Å². The molecule has 0 saturated heterocycles. The average molecular weight is 314 g/mol. The summed E-state index contributed by atoms with van der Waals surface area (Å²) in [4.78, 5) is 18.3. The molecule has 0 spiro atoms. The Hall–Kier alpha value is -1.26. The predicted octanol–water partition coefficient (Wildman–Crippen LogP) is 3.64. The molecule has 0 aliphatic rings. The van der Waals surface area contributed by atoms with E-state index in [1.165, 1.54) is 0 Å². The summed E-state index contributed by atoms with van der Waals surface area (Å²) in [6.45, 7) is 3.66. The SMILES string of the molecule is CC(Cl)c1nc2cccc(Cl)c2n1C(C)C(=O)N(C)C. The molecule has 1 aromatic heterocycles. The lowest BCUT2D eigenvalue weighted by atomic mass is 10.2. The van der Waals surface area contributed by atoms with Gasteiger partial charge in [-0.05, 0) is 26.0 Å². The number of imidazole rings is 1. The van der Waals surface area contributed by atoms with Crippen molar-refractivity contribution in [2.75, 3.05) is 14.1 Å². The van der Waals surface area contributed by atoms with Crippen molar-refractivity contribution in [3.05, 3.63) is 29.0 Å². The van der Waals surface area contributed by atoms with Gasteiger partial charge in [0.25, 0.3) is 0 Å².